The van der Waals surface area contributed by atoms with Crippen LogP contribution in [0.2, 0.25) is 0 Å². The lowest BCUT2D eigenvalue weighted by Gasteiger charge is -2.17. The molecule has 0 radical (unpaired) electrons. The van der Waals surface area contributed by atoms with Crippen molar-refractivity contribution in [3.8, 4) is 0 Å². The second-order valence-electron chi connectivity index (χ2n) is 4.15. The third-order valence-corrected chi connectivity index (χ3v) is 3.42. The summed E-state index contributed by atoms with van der Waals surface area (Å²) in [4.78, 5) is 26.1. The number of ether oxygens (including phenoxy) is 1. The van der Waals surface area contributed by atoms with E-state index in [-0.39, 0.29) is 12.5 Å². The Morgan fingerprint density at radius 1 is 1.37 bits per heavy atom. The Hall–Kier alpha value is -1.49. The fourth-order valence-electron chi connectivity index (χ4n) is 1.64. The molecular formula is C14H19NO3S. The molecule has 4 nitrogen and oxygen atoms in total. The fourth-order valence-corrected chi connectivity index (χ4v) is 2.08. The lowest BCUT2D eigenvalue weighted by molar-refractivity contribution is -0.143. The van der Waals surface area contributed by atoms with E-state index < -0.39 is 5.97 Å². The Morgan fingerprint density at radius 2 is 2.05 bits per heavy atom. The summed E-state index contributed by atoms with van der Waals surface area (Å²) in [6.45, 7) is 3.92. The Balaban J connectivity index is 2.84. The van der Waals surface area contributed by atoms with E-state index >= 15 is 0 Å². The molecule has 0 aliphatic rings. The average Bonchev–Trinajstić information content (AvgIpc) is 2.38. The Bertz CT molecular complexity index is 474. The molecule has 1 aromatic carbocycles. The minimum absolute atomic E-state index is 0.0321. The molecule has 0 saturated carbocycles. The van der Waals surface area contributed by atoms with Crippen LogP contribution in [0.5, 0.6) is 0 Å². The molecule has 19 heavy (non-hydrogen) atoms. The van der Waals surface area contributed by atoms with Gasteiger partial charge in [0, 0.05) is 17.5 Å². The standard InChI is InChI=1S/C14H19NO3S/c1-5-18-13(16)9-15(3)14(17)12-8-11(19-4)7-6-10(12)2/h6-8H,5,9H2,1-4H3. The van der Waals surface area contributed by atoms with Gasteiger partial charge in [0.15, 0.2) is 0 Å². The highest BCUT2D eigenvalue weighted by molar-refractivity contribution is 7.98. The van der Waals surface area contributed by atoms with Crippen LogP contribution in [0.15, 0.2) is 23.1 Å². The molecule has 0 aliphatic carbocycles. The van der Waals surface area contributed by atoms with Crippen LogP contribution in [0.4, 0.5) is 0 Å². The van der Waals surface area contributed by atoms with Crippen molar-refractivity contribution < 1.29 is 14.3 Å². The molecule has 104 valence electrons. The van der Waals surface area contributed by atoms with Gasteiger partial charge in [-0.2, -0.15) is 0 Å². The fraction of sp³-hybridized carbons (Fsp3) is 0.429. The number of carbonyl (C=O) groups is 2. The van der Waals surface area contributed by atoms with E-state index in [1.807, 2.05) is 31.4 Å². The molecule has 0 aromatic heterocycles. The molecular weight excluding hydrogens is 262 g/mol. The minimum Gasteiger partial charge on any atom is -0.465 e. The lowest BCUT2D eigenvalue weighted by atomic mass is 10.1. The zero-order chi connectivity index (χ0) is 14.4. The molecule has 0 N–H and O–H groups in total. The van der Waals surface area contributed by atoms with E-state index in [2.05, 4.69) is 0 Å². The third-order valence-electron chi connectivity index (χ3n) is 2.69. The number of esters is 1. The van der Waals surface area contributed by atoms with Gasteiger partial charge >= 0.3 is 5.97 Å². The number of nitrogens with zero attached hydrogens (tertiary/aromatic N) is 1. The van der Waals surface area contributed by atoms with Crippen molar-refractivity contribution in [2.24, 2.45) is 0 Å². The average molecular weight is 281 g/mol. The van der Waals surface area contributed by atoms with Crippen LogP contribution in [0.3, 0.4) is 0 Å². The van der Waals surface area contributed by atoms with Gasteiger partial charge in [-0.3, -0.25) is 9.59 Å². The van der Waals surface area contributed by atoms with Crippen LogP contribution in [0.1, 0.15) is 22.8 Å². The summed E-state index contributed by atoms with van der Waals surface area (Å²) >= 11 is 1.58. The molecule has 0 unspecified atom stereocenters. The molecule has 1 rings (SSSR count). The van der Waals surface area contributed by atoms with Gasteiger partial charge in [0.2, 0.25) is 0 Å². The first-order valence-corrected chi connectivity index (χ1v) is 7.27. The number of hydrogen-bond acceptors (Lipinski definition) is 4. The van der Waals surface area contributed by atoms with Crippen molar-refractivity contribution in [2.45, 2.75) is 18.7 Å². The third kappa shape index (κ3) is 4.28. The Kier molecular flexibility index (Phi) is 5.89. The highest BCUT2D eigenvalue weighted by Crippen LogP contribution is 2.20. The van der Waals surface area contributed by atoms with E-state index in [9.17, 15) is 9.59 Å². The first-order chi connectivity index (χ1) is 8.99. The number of rotatable bonds is 5. The van der Waals surface area contributed by atoms with Gasteiger partial charge in [0.05, 0.1) is 6.61 Å². The summed E-state index contributed by atoms with van der Waals surface area (Å²) in [6, 6.07) is 5.74. The van der Waals surface area contributed by atoms with Gasteiger partial charge < -0.3 is 9.64 Å². The molecule has 5 heteroatoms. The van der Waals surface area contributed by atoms with Crippen molar-refractivity contribution in [2.75, 3.05) is 26.5 Å². The van der Waals surface area contributed by atoms with Gasteiger partial charge in [0.1, 0.15) is 6.54 Å². The number of aryl methyl sites for hydroxylation is 1. The topological polar surface area (TPSA) is 46.6 Å². The molecule has 0 fully saturated rings. The Morgan fingerprint density at radius 3 is 2.63 bits per heavy atom. The van der Waals surface area contributed by atoms with E-state index in [0.717, 1.165) is 10.5 Å². The molecule has 0 spiro atoms. The quantitative estimate of drug-likeness (QED) is 0.614. The highest BCUT2D eigenvalue weighted by atomic mass is 32.2. The van der Waals surface area contributed by atoms with Crippen LogP contribution in [0.25, 0.3) is 0 Å². The maximum atomic E-state index is 12.3. The predicted octanol–water partition coefficient (Wildman–Crippen LogP) is 2.35. The summed E-state index contributed by atoms with van der Waals surface area (Å²) in [6.07, 6.45) is 1.96. The van der Waals surface area contributed by atoms with Gasteiger partial charge in [-0.15, -0.1) is 11.8 Å². The number of benzene rings is 1. The van der Waals surface area contributed by atoms with Crippen molar-refractivity contribution in [1.29, 1.82) is 0 Å². The van der Waals surface area contributed by atoms with Crippen molar-refractivity contribution in [1.82, 2.24) is 4.90 Å². The summed E-state index contributed by atoms with van der Waals surface area (Å²) in [5, 5.41) is 0. The molecule has 0 bridgehead atoms. The van der Waals surface area contributed by atoms with Gasteiger partial charge in [-0.05, 0) is 37.8 Å². The van der Waals surface area contributed by atoms with Crippen LogP contribution in [-0.2, 0) is 9.53 Å². The number of amides is 1. The predicted molar refractivity (Wildman–Crippen MR) is 76.6 cm³/mol. The largest absolute Gasteiger partial charge is 0.465 e. The van der Waals surface area contributed by atoms with Crippen molar-refractivity contribution in [3.05, 3.63) is 29.3 Å². The molecule has 1 amide bonds. The number of likely N-dealkylation sites (N-methyl/N-ethyl adjacent to an activating group) is 1. The van der Waals surface area contributed by atoms with Crippen molar-refractivity contribution in [3.63, 3.8) is 0 Å². The maximum absolute atomic E-state index is 12.3. The first kappa shape index (κ1) is 15.6. The zero-order valence-corrected chi connectivity index (χ0v) is 12.5. The van der Waals surface area contributed by atoms with E-state index in [0.29, 0.717) is 12.2 Å². The van der Waals surface area contributed by atoms with Crippen LogP contribution in [-0.4, -0.2) is 43.2 Å². The van der Waals surface area contributed by atoms with Crippen LogP contribution < -0.4 is 0 Å². The monoisotopic (exact) mass is 281 g/mol. The number of hydrogen-bond donors (Lipinski definition) is 0. The second kappa shape index (κ2) is 7.19. The SMILES string of the molecule is CCOC(=O)CN(C)C(=O)c1cc(SC)ccc1C. The minimum atomic E-state index is -0.392. The summed E-state index contributed by atoms with van der Waals surface area (Å²) in [5.41, 5.74) is 1.53. The smallest absolute Gasteiger partial charge is 0.325 e. The van der Waals surface area contributed by atoms with E-state index in [1.165, 1.54) is 4.90 Å². The van der Waals surface area contributed by atoms with E-state index in [4.69, 9.17) is 4.74 Å². The highest BCUT2D eigenvalue weighted by Gasteiger charge is 2.17. The first-order valence-electron chi connectivity index (χ1n) is 6.05. The molecule has 1 aromatic rings. The lowest BCUT2D eigenvalue weighted by Crippen LogP contribution is -2.33. The van der Waals surface area contributed by atoms with E-state index in [1.54, 1.807) is 25.7 Å². The summed E-state index contributed by atoms with van der Waals surface area (Å²) < 4.78 is 4.84. The van der Waals surface area contributed by atoms with Crippen LogP contribution in [0, 0.1) is 6.92 Å². The zero-order valence-electron chi connectivity index (χ0n) is 11.7. The Labute approximate surface area is 118 Å². The van der Waals surface area contributed by atoms with Gasteiger partial charge in [-0.1, -0.05) is 6.07 Å². The maximum Gasteiger partial charge on any atom is 0.325 e. The number of carbonyl (C=O) groups excluding carboxylic acids is 2. The number of thioether (sulfide) groups is 1. The molecule has 0 heterocycles. The van der Waals surface area contributed by atoms with Crippen molar-refractivity contribution >= 4 is 23.6 Å². The molecule has 0 atom stereocenters. The van der Waals surface area contributed by atoms with Gasteiger partial charge in [-0.25, -0.2) is 0 Å². The van der Waals surface area contributed by atoms with Crippen LogP contribution >= 0.6 is 11.8 Å². The molecule has 0 aliphatic heterocycles. The summed E-state index contributed by atoms with van der Waals surface area (Å²) in [5.74, 6) is -0.557. The molecule has 0 saturated heterocycles. The summed E-state index contributed by atoms with van der Waals surface area (Å²) in [7, 11) is 1.60. The van der Waals surface area contributed by atoms with Gasteiger partial charge in [0.25, 0.3) is 5.91 Å². The second-order valence-corrected chi connectivity index (χ2v) is 5.03. The normalized spacial score (nSPS) is 10.1.